The lowest BCUT2D eigenvalue weighted by Gasteiger charge is -2.59. The van der Waals surface area contributed by atoms with Crippen molar-refractivity contribution in [3.63, 3.8) is 0 Å². The standard InChI is InChI=1S/C26H30F2N2O3/c1-13(26-9-14-5-15(10-26)7-16(6-14)11-26)29-25(32)19-12-30(17-3-4-17)22-18(23(19)31)8-20(27)21(28)24(22)33-2/h8,12-17H,3-7,9-11H2,1-2H3,(H,29,32). The number of ether oxygens (including phenoxy) is 1. The molecule has 7 heteroatoms. The van der Waals surface area contributed by atoms with E-state index in [9.17, 15) is 18.4 Å². The van der Waals surface area contributed by atoms with Gasteiger partial charge < -0.3 is 14.6 Å². The maximum absolute atomic E-state index is 14.4. The molecule has 5 aliphatic rings. The Morgan fingerprint density at radius 1 is 1.15 bits per heavy atom. The predicted molar refractivity (Wildman–Crippen MR) is 120 cm³/mol. The highest BCUT2D eigenvalue weighted by atomic mass is 19.2. The van der Waals surface area contributed by atoms with Gasteiger partial charge in [0.2, 0.25) is 11.2 Å². The number of hydrogen-bond donors (Lipinski definition) is 1. The minimum atomic E-state index is -1.15. The van der Waals surface area contributed by atoms with Crippen molar-refractivity contribution in [3.8, 4) is 5.75 Å². The third-order valence-electron chi connectivity index (χ3n) is 8.91. The number of amides is 1. The number of methoxy groups -OCH3 is 1. The Hall–Kier alpha value is -2.44. The first-order valence-corrected chi connectivity index (χ1v) is 12.2. The Balaban J connectivity index is 1.38. The third-order valence-corrected chi connectivity index (χ3v) is 8.91. The number of halogens is 2. The van der Waals surface area contributed by atoms with Crippen molar-refractivity contribution in [2.75, 3.05) is 7.11 Å². The molecule has 1 N–H and O–H groups in total. The fourth-order valence-electron chi connectivity index (χ4n) is 7.55. The second kappa shape index (κ2) is 7.28. The Bertz CT molecular complexity index is 1180. The second-order valence-corrected chi connectivity index (χ2v) is 11.1. The van der Waals surface area contributed by atoms with Gasteiger partial charge in [-0.05, 0) is 87.5 Å². The van der Waals surface area contributed by atoms with Gasteiger partial charge in [0.15, 0.2) is 11.6 Å². The van der Waals surface area contributed by atoms with E-state index in [0.717, 1.165) is 55.9 Å². The fourth-order valence-corrected chi connectivity index (χ4v) is 7.55. The van der Waals surface area contributed by atoms with Gasteiger partial charge in [0.1, 0.15) is 5.56 Å². The predicted octanol–water partition coefficient (Wildman–Crippen LogP) is 4.96. The molecule has 0 aliphatic heterocycles. The molecule has 1 aromatic carbocycles. The maximum Gasteiger partial charge on any atom is 0.257 e. The minimum Gasteiger partial charge on any atom is -0.491 e. The zero-order valence-electron chi connectivity index (χ0n) is 19.1. The first-order chi connectivity index (χ1) is 15.8. The number of hydrogen-bond acceptors (Lipinski definition) is 3. The monoisotopic (exact) mass is 456 g/mol. The van der Waals surface area contributed by atoms with Gasteiger partial charge in [0, 0.05) is 18.3 Å². The van der Waals surface area contributed by atoms with E-state index >= 15 is 0 Å². The molecule has 0 spiro atoms. The van der Waals surface area contributed by atoms with Crippen LogP contribution in [0.4, 0.5) is 8.78 Å². The van der Waals surface area contributed by atoms with E-state index in [0.29, 0.717) is 0 Å². The molecule has 1 heterocycles. The molecular formula is C26H30F2N2O3. The summed E-state index contributed by atoms with van der Waals surface area (Å²) in [5, 5.41) is 3.13. The van der Waals surface area contributed by atoms with Crippen LogP contribution in [0.5, 0.6) is 5.75 Å². The first kappa shape index (κ1) is 21.1. The summed E-state index contributed by atoms with van der Waals surface area (Å²) in [7, 11) is 1.26. The summed E-state index contributed by atoms with van der Waals surface area (Å²) in [6.07, 6.45) is 10.6. The zero-order chi connectivity index (χ0) is 23.1. The molecule has 0 radical (unpaired) electrons. The van der Waals surface area contributed by atoms with Crippen molar-refractivity contribution in [1.82, 2.24) is 9.88 Å². The van der Waals surface area contributed by atoms with Crippen molar-refractivity contribution in [3.05, 3.63) is 39.7 Å². The molecule has 7 rings (SSSR count). The van der Waals surface area contributed by atoms with Crippen LogP contribution in [0, 0.1) is 34.8 Å². The van der Waals surface area contributed by atoms with E-state index in [1.54, 1.807) is 4.57 Å². The number of carbonyl (C=O) groups excluding carboxylic acids is 1. The van der Waals surface area contributed by atoms with Crippen LogP contribution in [-0.2, 0) is 0 Å². The minimum absolute atomic E-state index is 0.0148. The van der Waals surface area contributed by atoms with E-state index < -0.39 is 23.0 Å². The van der Waals surface area contributed by atoms with Crippen molar-refractivity contribution in [2.24, 2.45) is 23.2 Å². The van der Waals surface area contributed by atoms with Crippen LogP contribution in [0.3, 0.4) is 0 Å². The van der Waals surface area contributed by atoms with Crippen LogP contribution < -0.4 is 15.5 Å². The molecule has 0 saturated heterocycles. The lowest BCUT2D eigenvalue weighted by Crippen LogP contribution is -2.56. The van der Waals surface area contributed by atoms with E-state index in [1.807, 2.05) is 0 Å². The molecule has 4 bridgehead atoms. The summed E-state index contributed by atoms with van der Waals surface area (Å²) in [4.78, 5) is 26.7. The van der Waals surface area contributed by atoms with Gasteiger partial charge in [0.05, 0.1) is 18.0 Å². The molecule has 33 heavy (non-hydrogen) atoms. The summed E-state index contributed by atoms with van der Waals surface area (Å²) >= 11 is 0. The van der Waals surface area contributed by atoms with Crippen LogP contribution in [0.25, 0.3) is 10.9 Å². The normalized spacial score (nSPS) is 31.1. The van der Waals surface area contributed by atoms with E-state index in [1.165, 1.54) is 32.6 Å². The topological polar surface area (TPSA) is 60.3 Å². The molecule has 2 aromatic rings. The molecule has 1 amide bonds. The van der Waals surface area contributed by atoms with Gasteiger partial charge in [-0.25, -0.2) is 4.39 Å². The van der Waals surface area contributed by atoms with Gasteiger partial charge >= 0.3 is 0 Å². The summed E-state index contributed by atoms with van der Waals surface area (Å²) in [5.74, 6) is -0.716. The van der Waals surface area contributed by atoms with E-state index in [4.69, 9.17) is 4.74 Å². The van der Waals surface area contributed by atoms with Gasteiger partial charge in [0.25, 0.3) is 5.91 Å². The van der Waals surface area contributed by atoms with Gasteiger partial charge in [-0.15, -0.1) is 0 Å². The number of pyridine rings is 1. The molecule has 5 saturated carbocycles. The summed E-state index contributed by atoms with van der Waals surface area (Å²) in [6, 6.07) is 0.898. The van der Waals surface area contributed by atoms with Gasteiger partial charge in [-0.1, -0.05) is 0 Å². The number of aromatic nitrogens is 1. The smallest absolute Gasteiger partial charge is 0.257 e. The largest absolute Gasteiger partial charge is 0.491 e. The van der Waals surface area contributed by atoms with Crippen molar-refractivity contribution < 1.29 is 18.3 Å². The van der Waals surface area contributed by atoms with Crippen LogP contribution in [0.2, 0.25) is 0 Å². The number of fused-ring (bicyclic) bond motifs is 1. The number of rotatable bonds is 5. The van der Waals surface area contributed by atoms with Crippen LogP contribution >= 0.6 is 0 Å². The highest BCUT2D eigenvalue weighted by Gasteiger charge is 2.53. The van der Waals surface area contributed by atoms with Crippen molar-refractivity contribution in [1.29, 1.82) is 0 Å². The first-order valence-electron chi connectivity index (χ1n) is 12.2. The van der Waals surface area contributed by atoms with Crippen LogP contribution in [0.15, 0.2) is 17.1 Å². The molecule has 1 atom stereocenters. The molecule has 1 unspecified atom stereocenters. The molecule has 5 nitrogen and oxygen atoms in total. The Kier molecular flexibility index (Phi) is 4.66. The average Bonchev–Trinajstić information content (AvgIpc) is 3.60. The second-order valence-electron chi connectivity index (χ2n) is 11.1. The highest BCUT2D eigenvalue weighted by molar-refractivity contribution is 5.98. The van der Waals surface area contributed by atoms with Gasteiger partial charge in [-0.2, -0.15) is 4.39 Å². The zero-order valence-corrected chi connectivity index (χ0v) is 19.1. The molecule has 5 fully saturated rings. The highest BCUT2D eigenvalue weighted by Crippen LogP contribution is 2.61. The number of nitrogens with one attached hydrogen (secondary N) is 1. The van der Waals surface area contributed by atoms with E-state index in [2.05, 4.69) is 12.2 Å². The Labute approximate surface area is 191 Å². The summed E-state index contributed by atoms with van der Waals surface area (Å²) in [5.41, 5.74) is -0.280. The number of benzene rings is 1. The summed E-state index contributed by atoms with van der Waals surface area (Å²) in [6.45, 7) is 2.07. The van der Waals surface area contributed by atoms with Gasteiger partial charge in [-0.3, -0.25) is 9.59 Å². The van der Waals surface area contributed by atoms with Crippen LogP contribution in [0.1, 0.15) is 74.7 Å². The SMILES string of the molecule is COc1c(F)c(F)cc2c(=O)c(C(=O)NC(C)C34CC5CC(CC(C5)C3)C4)cn(C3CC3)c12. The number of nitrogens with zero attached hydrogens (tertiary/aromatic N) is 1. The van der Waals surface area contributed by atoms with Crippen molar-refractivity contribution >= 4 is 16.8 Å². The third kappa shape index (κ3) is 3.22. The Morgan fingerprint density at radius 2 is 1.76 bits per heavy atom. The lowest BCUT2D eigenvalue weighted by molar-refractivity contribution is -0.0688. The molecular weight excluding hydrogens is 426 g/mol. The lowest BCUT2D eigenvalue weighted by atomic mass is 9.48. The number of carbonyl (C=O) groups is 1. The van der Waals surface area contributed by atoms with Crippen LogP contribution in [-0.4, -0.2) is 23.6 Å². The molecule has 5 aliphatic carbocycles. The fraction of sp³-hybridized carbons (Fsp3) is 0.615. The maximum atomic E-state index is 14.4. The molecule has 1 aromatic heterocycles. The average molecular weight is 457 g/mol. The molecule has 176 valence electrons. The van der Waals surface area contributed by atoms with Crippen molar-refractivity contribution in [2.45, 2.75) is 70.4 Å². The van der Waals surface area contributed by atoms with E-state index in [-0.39, 0.29) is 39.7 Å². The quantitative estimate of drug-likeness (QED) is 0.692. The Morgan fingerprint density at radius 3 is 2.30 bits per heavy atom. The summed E-state index contributed by atoms with van der Waals surface area (Å²) < 4.78 is 35.6.